The van der Waals surface area contributed by atoms with Gasteiger partial charge in [0.05, 0.1) is 11.4 Å². The van der Waals surface area contributed by atoms with Crippen molar-refractivity contribution in [2.75, 3.05) is 18.4 Å². The summed E-state index contributed by atoms with van der Waals surface area (Å²) in [6.07, 6.45) is 3.25. The fraction of sp³-hybridized carbons (Fsp3) is 0.324. The molecule has 6 nitrogen and oxygen atoms in total. The Morgan fingerprint density at radius 3 is 2.23 bits per heavy atom. The molecule has 4 rings (SSSR count). The molecule has 0 saturated heterocycles. The summed E-state index contributed by atoms with van der Waals surface area (Å²) in [5, 5.41) is 7.92. The van der Waals surface area contributed by atoms with E-state index in [1.54, 1.807) is 9.58 Å². The van der Waals surface area contributed by atoms with Crippen molar-refractivity contribution >= 4 is 17.6 Å². The van der Waals surface area contributed by atoms with Crippen LogP contribution >= 0.6 is 0 Å². The lowest BCUT2D eigenvalue weighted by atomic mass is 10.1. The minimum Gasteiger partial charge on any atom is -0.329 e. The number of carbonyl (C=O) groups is 2. The van der Waals surface area contributed by atoms with Crippen molar-refractivity contribution in [1.82, 2.24) is 14.7 Å². The van der Waals surface area contributed by atoms with Crippen molar-refractivity contribution in [3.05, 3.63) is 101 Å². The smallest absolute Gasteiger partial charge is 0.254 e. The lowest BCUT2D eigenvalue weighted by molar-refractivity contribution is -0.117. The Bertz CT molecular complexity index is 1420. The Hall–Kier alpha value is -4.19. The molecule has 0 spiro atoms. The van der Waals surface area contributed by atoms with Gasteiger partial charge in [-0.2, -0.15) is 5.10 Å². The highest BCUT2D eigenvalue weighted by Gasteiger charge is 2.24. The van der Waals surface area contributed by atoms with Crippen LogP contribution in [0.25, 0.3) is 16.8 Å². The maximum atomic E-state index is 13.6. The first-order chi connectivity index (χ1) is 19.3. The van der Waals surface area contributed by atoms with Gasteiger partial charge in [0.15, 0.2) is 0 Å². The number of unbranched alkanes of at least 4 members (excludes halogenated alkanes) is 1. The number of nitrogens with one attached hydrogen (secondary N) is 1. The highest BCUT2D eigenvalue weighted by atomic mass is 16.2. The van der Waals surface area contributed by atoms with Crippen LogP contribution in [0.2, 0.25) is 0 Å². The standard InChI is InChI=1S/C34H40N4O2/c1-6-7-11-27-16-18-29(19-17-27)34(40)37(22-24(2)3)23-31(39)35-33-32(28-12-9-8-10-13-28)26(5)36-38(33)30-20-14-25(4)15-21-30/h8-10,12-21,24H,6-7,11,22-23H2,1-5H3,(H,35,39). The van der Waals surface area contributed by atoms with Gasteiger partial charge in [0.25, 0.3) is 5.91 Å². The topological polar surface area (TPSA) is 67.2 Å². The summed E-state index contributed by atoms with van der Waals surface area (Å²) < 4.78 is 1.78. The molecule has 0 saturated carbocycles. The minimum atomic E-state index is -0.265. The fourth-order valence-electron chi connectivity index (χ4n) is 4.85. The predicted octanol–water partition coefficient (Wildman–Crippen LogP) is 7.24. The van der Waals surface area contributed by atoms with Crippen molar-refractivity contribution in [1.29, 1.82) is 0 Å². The maximum Gasteiger partial charge on any atom is 0.254 e. The Morgan fingerprint density at radius 2 is 1.60 bits per heavy atom. The normalized spacial score (nSPS) is 11.1. The van der Waals surface area contributed by atoms with E-state index in [0.29, 0.717) is 17.9 Å². The van der Waals surface area contributed by atoms with E-state index in [1.807, 2.05) is 92.7 Å². The van der Waals surface area contributed by atoms with Crippen LogP contribution in [-0.2, 0) is 11.2 Å². The molecule has 0 radical (unpaired) electrons. The fourth-order valence-corrected chi connectivity index (χ4v) is 4.85. The number of benzene rings is 3. The number of amides is 2. The molecule has 0 atom stereocenters. The number of hydrogen-bond donors (Lipinski definition) is 1. The molecule has 1 heterocycles. The zero-order valence-corrected chi connectivity index (χ0v) is 24.3. The lowest BCUT2D eigenvalue weighted by Crippen LogP contribution is -2.40. The van der Waals surface area contributed by atoms with Crippen LogP contribution in [0.1, 0.15) is 60.8 Å². The maximum absolute atomic E-state index is 13.6. The summed E-state index contributed by atoms with van der Waals surface area (Å²) in [7, 11) is 0. The first-order valence-corrected chi connectivity index (χ1v) is 14.2. The molecule has 1 N–H and O–H groups in total. The van der Waals surface area contributed by atoms with Gasteiger partial charge in [-0.25, -0.2) is 4.68 Å². The molecule has 2 amide bonds. The minimum absolute atomic E-state index is 0.0546. The average Bonchev–Trinajstić information content (AvgIpc) is 3.27. The Morgan fingerprint density at radius 1 is 0.925 bits per heavy atom. The van der Waals surface area contributed by atoms with Crippen molar-refractivity contribution in [3.63, 3.8) is 0 Å². The Kier molecular flexibility index (Phi) is 9.54. The van der Waals surface area contributed by atoms with Crippen LogP contribution in [0.4, 0.5) is 5.82 Å². The van der Waals surface area contributed by atoms with Crippen LogP contribution in [0.5, 0.6) is 0 Å². The van der Waals surface area contributed by atoms with E-state index in [-0.39, 0.29) is 24.3 Å². The number of anilines is 1. The molecular weight excluding hydrogens is 496 g/mol. The summed E-state index contributed by atoms with van der Waals surface area (Å²) in [4.78, 5) is 28.8. The molecule has 0 aliphatic rings. The highest BCUT2D eigenvalue weighted by Crippen LogP contribution is 2.33. The number of nitrogens with zero attached hydrogens (tertiary/aromatic N) is 3. The summed E-state index contributed by atoms with van der Waals surface area (Å²) >= 11 is 0. The van der Waals surface area contributed by atoms with E-state index in [2.05, 4.69) is 26.1 Å². The first-order valence-electron chi connectivity index (χ1n) is 14.2. The monoisotopic (exact) mass is 536 g/mol. The molecule has 0 bridgehead atoms. The molecule has 0 aliphatic heterocycles. The number of carbonyl (C=O) groups excluding carboxylic acids is 2. The zero-order chi connectivity index (χ0) is 28.6. The number of hydrogen-bond acceptors (Lipinski definition) is 3. The Balaban J connectivity index is 1.62. The second kappa shape index (κ2) is 13.2. The van der Waals surface area contributed by atoms with Gasteiger partial charge in [0, 0.05) is 17.7 Å². The number of aromatic nitrogens is 2. The van der Waals surface area contributed by atoms with E-state index in [9.17, 15) is 9.59 Å². The Labute approximate surface area is 238 Å². The predicted molar refractivity (Wildman–Crippen MR) is 163 cm³/mol. The van der Waals surface area contributed by atoms with Gasteiger partial charge in [0.2, 0.25) is 5.91 Å². The van der Waals surface area contributed by atoms with Gasteiger partial charge in [-0.3, -0.25) is 9.59 Å². The molecule has 0 aliphatic carbocycles. The third-order valence-corrected chi connectivity index (χ3v) is 6.89. The average molecular weight is 537 g/mol. The third kappa shape index (κ3) is 7.06. The molecule has 3 aromatic carbocycles. The summed E-state index contributed by atoms with van der Waals surface area (Å²) in [6, 6.07) is 25.8. The molecule has 208 valence electrons. The van der Waals surface area contributed by atoms with Gasteiger partial charge in [0.1, 0.15) is 12.4 Å². The van der Waals surface area contributed by atoms with Gasteiger partial charge in [-0.1, -0.05) is 87.4 Å². The summed E-state index contributed by atoms with van der Waals surface area (Å²) in [6.45, 7) is 10.7. The quantitative estimate of drug-likeness (QED) is 0.220. The molecular formula is C34H40N4O2. The van der Waals surface area contributed by atoms with Crippen LogP contribution in [0.15, 0.2) is 78.9 Å². The molecule has 1 aromatic heterocycles. The van der Waals surface area contributed by atoms with Crippen LogP contribution in [0, 0.1) is 19.8 Å². The van der Waals surface area contributed by atoms with Gasteiger partial charge in [-0.15, -0.1) is 0 Å². The van der Waals surface area contributed by atoms with Crippen molar-refractivity contribution in [2.45, 2.75) is 53.9 Å². The SMILES string of the molecule is CCCCc1ccc(C(=O)N(CC(=O)Nc2c(-c3ccccc3)c(C)nn2-c2ccc(C)cc2)CC(C)C)cc1. The molecule has 0 unspecified atom stereocenters. The van der Waals surface area contributed by atoms with E-state index < -0.39 is 0 Å². The third-order valence-electron chi connectivity index (χ3n) is 6.89. The van der Waals surface area contributed by atoms with Crippen molar-refractivity contribution in [3.8, 4) is 16.8 Å². The number of rotatable bonds is 11. The van der Waals surface area contributed by atoms with E-state index in [4.69, 9.17) is 5.10 Å². The van der Waals surface area contributed by atoms with Gasteiger partial charge in [-0.05, 0) is 68.0 Å². The molecule has 6 heteroatoms. The molecule has 0 fully saturated rings. The lowest BCUT2D eigenvalue weighted by Gasteiger charge is -2.24. The largest absolute Gasteiger partial charge is 0.329 e. The van der Waals surface area contributed by atoms with E-state index in [0.717, 1.165) is 47.3 Å². The summed E-state index contributed by atoms with van der Waals surface area (Å²) in [5.74, 6) is 0.395. The summed E-state index contributed by atoms with van der Waals surface area (Å²) in [5.41, 5.74) is 6.44. The second-order valence-corrected chi connectivity index (χ2v) is 10.9. The second-order valence-electron chi connectivity index (χ2n) is 10.9. The van der Waals surface area contributed by atoms with Crippen LogP contribution in [-0.4, -0.2) is 39.6 Å². The first kappa shape index (κ1) is 28.8. The van der Waals surface area contributed by atoms with Crippen molar-refractivity contribution < 1.29 is 9.59 Å². The zero-order valence-electron chi connectivity index (χ0n) is 24.3. The van der Waals surface area contributed by atoms with Crippen molar-refractivity contribution in [2.24, 2.45) is 5.92 Å². The van der Waals surface area contributed by atoms with E-state index in [1.165, 1.54) is 5.56 Å². The molecule has 4 aromatic rings. The molecule has 40 heavy (non-hydrogen) atoms. The highest BCUT2D eigenvalue weighted by molar-refractivity contribution is 6.01. The van der Waals surface area contributed by atoms with Gasteiger partial charge >= 0.3 is 0 Å². The van der Waals surface area contributed by atoms with Crippen LogP contribution in [0.3, 0.4) is 0 Å². The van der Waals surface area contributed by atoms with Crippen LogP contribution < -0.4 is 5.32 Å². The van der Waals surface area contributed by atoms with E-state index >= 15 is 0 Å². The number of aryl methyl sites for hydroxylation is 3. The van der Waals surface area contributed by atoms with Gasteiger partial charge < -0.3 is 10.2 Å².